The average molecular weight is 696 g/mol. The number of aliphatic imine (C=N–C) groups is 1. The third-order valence-corrected chi connectivity index (χ3v) is 6.07. The van der Waals surface area contributed by atoms with Crippen LogP contribution in [0.3, 0.4) is 0 Å². The molecule has 232 valence electrons. The van der Waals surface area contributed by atoms with Gasteiger partial charge in [0.25, 0.3) is 5.91 Å². The predicted molar refractivity (Wildman–Crippen MR) is 177 cm³/mol. The zero-order valence-corrected chi connectivity index (χ0v) is 27.5. The Labute approximate surface area is 263 Å². The number of rotatable bonds is 13. The molecule has 10 nitrogen and oxygen atoms in total. The first-order chi connectivity index (χ1) is 20.3. The van der Waals surface area contributed by atoms with Crippen LogP contribution in [-0.2, 0) is 20.9 Å². The minimum absolute atomic E-state index is 0.0501. The maximum absolute atomic E-state index is 13.1. The Morgan fingerprint density at radius 2 is 1.64 bits per heavy atom. The Morgan fingerprint density at radius 1 is 0.976 bits per heavy atom. The van der Waals surface area contributed by atoms with E-state index in [-0.39, 0.29) is 49.9 Å². The number of carbonyl (C=O) groups is 3. The minimum atomic E-state index is -0.386. The molecule has 0 aliphatic carbocycles. The zero-order valence-electron chi connectivity index (χ0n) is 25.3. The Hall–Kier alpha value is -3.35. The number of para-hydroxylation sites is 1. The molecule has 0 saturated heterocycles. The largest absolute Gasteiger partial charge is 0.494 e. The topological polar surface area (TPSA) is 141 Å². The van der Waals surface area contributed by atoms with E-state index >= 15 is 0 Å². The van der Waals surface area contributed by atoms with E-state index in [4.69, 9.17) is 20.9 Å². The third kappa shape index (κ3) is 13.1. The van der Waals surface area contributed by atoms with Gasteiger partial charge in [-0.3, -0.25) is 19.4 Å². The van der Waals surface area contributed by atoms with Gasteiger partial charge in [-0.05, 0) is 54.5 Å². The molecule has 0 fully saturated rings. The van der Waals surface area contributed by atoms with Crippen LogP contribution in [0.4, 0.5) is 5.69 Å². The molecule has 0 saturated carbocycles. The van der Waals surface area contributed by atoms with Crippen LogP contribution in [0.15, 0.2) is 53.5 Å². The van der Waals surface area contributed by atoms with E-state index in [1.807, 2.05) is 35.3 Å². The Morgan fingerprint density at radius 3 is 2.26 bits per heavy atom. The standard InChI is InChI=1S/C25H30N2O5.C5H13N3.CH3I/c1-3-5-16-32-20-12-10-19(11-13-20)17-27-22-9-7-6-8-21(22)25(30)26(18-23(27)28)15-14-24(29)31-4-2;1-2-3-4-8-5(6)7;1-2/h6-13H,3-5,14-18H2,1-2H3;2-4H2,1H3,(H4,6,7,8);1H3. The van der Waals surface area contributed by atoms with Gasteiger partial charge in [0.15, 0.2) is 5.96 Å². The number of alkyl halides is 1. The Balaban J connectivity index is 0.000000762. The summed E-state index contributed by atoms with van der Waals surface area (Å²) in [5, 5.41) is 0. The highest BCUT2D eigenvalue weighted by Crippen LogP contribution is 2.28. The van der Waals surface area contributed by atoms with Gasteiger partial charge in [-0.1, -0.05) is 73.5 Å². The summed E-state index contributed by atoms with van der Waals surface area (Å²) in [6.45, 7) is 8.05. The van der Waals surface area contributed by atoms with Crippen molar-refractivity contribution in [2.75, 3.05) is 42.7 Å². The van der Waals surface area contributed by atoms with Gasteiger partial charge in [0, 0.05) is 13.1 Å². The number of unbranched alkanes of at least 4 members (excludes halogenated alkanes) is 2. The second-order valence-electron chi connectivity index (χ2n) is 9.28. The van der Waals surface area contributed by atoms with E-state index in [9.17, 15) is 14.4 Å². The van der Waals surface area contributed by atoms with Crippen LogP contribution in [0.1, 0.15) is 68.8 Å². The average Bonchev–Trinajstić information content (AvgIpc) is 3.09. The summed E-state index contributed by atoms with van der Waals surface area (Å²) >= 11 is 2.15. The van der Waals surface area contributed by atoms with Crippen molar-refractivity contribution in [2.45, 2.75) is 59.4 Å². The molecule has 0 aromatic heterocycles. The molecular weight excluding hydrogens is 649 g/mol. The van der Waals surface area contributed by atoms with Gasteiger partial charge < -0.3 is 30.7 Å². The number of esters is 1. The molecule has 3 rings (SSSR count). The van der Waals surface area contributed by atoms with Crippen molar-refractivity contribution in [2.24, 2.45) is 16.5 Å². The molecule has 4 N–H and O–H groups in total. The monoisotopic (exact) mass is 695 g/mol. The SMILES string of the molecule is CCCCN=C(N)N.CCCCOc1ccc(CN2C(=O)CN(CCC(=O)OCC)C(=O)c3ccccc32)cc1.CI. The van der Waals surface area contributed by atoms with Crippen molar-refractivity contribution in [3.63, 3.8) is 0 Å². The summed E-state index contributed by atoms with van der Waals surface area (Å²) in [5.74, 6) is 0.141. The number of carbonyl (C=O) groups excluding carboxylic acids is 3. The number of hydrogen-bond acceptors (Lipinski definition) is 6. The zero-order chi connectivity index (χ0) is 31.3. The third-order valence-electron chi connectivity index (χ3n) is 6.07. The number of halogens is 1. The number of guanidine groups is 1. The summed E-state index contributed by atoms with van der Waals surface area (Å²) < 4.78 is 10.7. The maximum atomic E-state index is 13.1. The highest BCUT2D eigenvalue weighted by atomic mass is 127. The summed E-state index contributed by atoms with van der Waals surface area (Å²) in [6, 6.07) is 14.7. The number of benzene rings is 2. The summed E-state index contributed by atoms with van der Waals surface area (Å²) in [7, 11) is 0. The van der Waals surface area contributed by atoms with Crippen LogP contribution in [0.25, 0.3) is 0 Å². The summed E-state index contributed by atoms with van der Waals surface area (Å²) in [5.41, 5.74) is 12.1. The van der Waals surface area contributed by atoms with Crippen molar-refractivity contribution < 1.29 is 23.9 Å². The Kier molecular flexibility index (Phi) is 18.7. The number of hydrogen-bond donors (Lipinski definition) is 2. The van der Waals surface area contributed by atoms with Gasteiger partial charge in [-0.25, -0.2) is 0 Å². The lowest BCUT2D eigenvalue weighted by atomic mass is 10.1. The molecule has 0 radical (unpaired) electrons. The molecule has 0 spiro atoms. The number of fused-ring (bicyclic) bond motifs is 1. The van der Waals surface area contributed by atoms with Crippen LogP contribution in [-0.4, -0.2) is 66.4 Å². The second-order valence-corrected chi connectivity index (χ2v) is 9.28. The number of amides is 2. The first-order valence-corrected chi connectivity index (χ1v) is 16.5. The van der Waals surface area contributed by atoms with Crippen molar-refractivity contribution in [1.29, 1.82) is 0 Å². The van der Waals surface area contributed by atoms with E-state index in [0.29, 0.717) is 24.4 Å². The summed E-state index contributed by atoms with van der Waals surface area (Å²) in [4.78, 5) is 46.8. The van der Waals surface area contributed by atoms with Gasteiger partial charge in [0.1, 0.15) is 12.3 Å². The summed E-state index contributed by atoms with van der Waals surface area (Å²) in [6.07, 6.45) is 4.33. The van der Waals surface area contributed by atoms with E-state index in [2.05, 4.69) is 41.4 Å². The van der Waals surface area contributed by atoms with Gasteiger partial charge in [-0.2, -0.15) is 0 Å². The van der Waals surface area contributed by atoms with Gasteiger partial charge in [-0.15, -0.1) is 0 Å². The number of anilines is 1. The molecule has 0 atom stereocenters. The lowest BCUT2D eigenvalue weighted by Crippen LogP contribution is -2.40. The molecule has 42 heavy (non-hydrogen) atoms. The molecule has 2 aromatic rings. The van der Waals surface area contributed by atoms with E-state index in [1.165, 1.54) is 4.90 Å². The van der Waals surface area contributed by atoms with E-state index in [0.717, 1.165) is 43.5 Å². The molecule has 0 bridgehead atoms. The highest BCUT2D eigenvalue weighted by molar-refractivity contribution is 14.1. The molecule has 2 aromatic carbocycles. The molecular formula is C31H46IN5O5. The predicted octanol–water partition coefficient (Wildman–Crippen LogP) is 4.92. The van der Waals surface area contributed by atoms with Gasteiger partial charge in [0.2, 0.25) is 5.91 Å². The quantitative estimate of drug-likeness (QED) is 0.0758. The fourth-order valence-electron chi connectivity index (χ4n) is 3.90. The fourth-order valence-corrected chi connectivity index (χ4v) is 3.90. The Bertz CT molecular complexity index is 1120. The number of ether oxygens (including phenoxy) is 2. The fraction of sp³-hybridized carbons (Fsp3) is 0.484. The minimum Gasteiger partial charge on any atom is -0.494 e. The molecule has 1 heterocycles. The molecule has 2 amide bonds. The van der Waals surface area contributed by atoms with Gasteiger partial charge >= 0.3 is 5.97 Å². The van der Waals surface area contributed by atoms with E-state index < -0.39 is 0 Å². The molecule has 0 unspecified atom stereocenters. The van der Waals surface area contributed by atoms with Crippen molar-refractivity contribution in [3.8, 4) is 5.75 Å². The molecule has 1 aliphatic rings. The smallest absolute Gasteiger partial charge is 0.307 e. The van der Waals surface area contributed by atoms with Crippen LogP contribution in [0.5, 0.6) is 5.75 Å². The lowest BCUT2D eigenvalue weighted by Gasteiger charge is -2.23. The van der Waals surface area contributed by atoms with Crippen molar-refractivity contribution >= 4 is 52.0 Å². The van der Waals surface area contributed by atoms with Crippen molar-refractivity contribution in [1.82, 2.24) is 4.90 Å². The first-order valence-electron chi connectivity index (χ1n) is 14.3. The maximum Gasteiger partial charge on any atom is 0.307 e. The van der Waals surface area contributed by atoms with Crippen LogP contribution in [0.2, 0.25) is 0 Å². The highest BCUT2D eigenvalue weighted by Gasteiger charge is 2.31. The van der Waals surface area contributed by atoms with Crippen LogP contribution in [0, 0.1) is 0 Å². The number of nitrogens with zero attached hydrogens (tertiary/aromatic N) is 3. The normalized spacial score (nSPS) is 12.1. The molecule has 11 heteroatoms. The molecule has 1 aliphatic heterocycles. The van der Waals surface area contributed by atoms with Crippen LogP contribution < -0.4 is 21.1 Å². The van der Waals surface area contributed by atoms with Gasteiger partial charge in [0.05, 0.1) is 37.4 Å². The first kappa shape index (κ1) is 36.7. The second kappa shape index (κ2) is 21.4. The van der Waals surface area contributed by atoms with E-state index in [1.54, 1.807) is 30.0 Å². The number of nitrogens with two attached hydrogens (primary N) is 2. The van der Waals surface area contributed by atoms with Crippen LogP contribution >= 0.6 is 22.6 Å². The lowest BCUT2D eigenvalue weighted by molar-refractivity contribution is -0.143. The van der Waals surface area contributed by atoms with Crippen molar-refractivity contribution in [3.05, 3.63) is 59.7 Å².